The van der Waals surface area contributed by atoms with Crippen molar-refractivity contribution in [2.45, 2.75) is 17.9 Å². The smallest absolute Gasteiger partial charge is 0.222 e. The first-order chi connectivity index (χ1) is 9.20. The van der Waals surface area contributed by atoms with Crippen LogP contribution in [0.25, 0.3) is 0 Å². The predicted octanol–water partition coefficient (Wildman–Crippen LogP) is 0.788. The molecule has 0 bridgehead atoms. The molecule has 1 aromatic carbocycles. The number of nitrogens with one attached hydrogen (secondary N) is 2. The molecule has 19 heavy (non-hydrogen) atoms. The third-order valence-electron chi connectivity index (χ3n) is 3.93. The summed E-state index contributed by atoms with van der Waals surface area (Å²) in [5.74, 6) is -0.215. The lowest BCUT2D eigenvalue weighted by Gasteiger charge is -2.34. The molecule has 102 valence electrons. The average molecular weight is 264 g/mol. The molecule has 1 aromatic rings. The molecule has 2 aliphatic rings. The Morgan fingerprint density at radius 3 is 3.16 bits per heavy atom. The van der Waals surface area contributed by atoms with Crippen LogP contribution in [-0.4, -0.2) is 37.7 Å². The normalized spacial score (nSPS) is 31.2. The lowest BCUT2D eigenvalue weighted by atomic mass is 9.82. The van der Waals surface area contributed by atoms with Crippen molar-refractivity contribution in [2.24, 2.45) is 0 Å². The molecule has 1 amide bonds. The van der Waals surface area contributed by atoms with Gasteiger partial charge in [0.05, 0.1) is 18.8 Å². The van der Waals surface area contributed by atoms with E-state index in [9.17, 15) is 9.18 Å². The summed E-state index contributed by atoms with van der Waals surface area (Å²) in [7, 11) is 0. The van der Waals surface area contributed by atoms with Gasteiger partial charge < -0.3 is 15.4 Å². The molecule has 2 saturated heterocycles. The van der Waals surface area contributed by atoms with Crippen LogP contribution < -0.4 is 10.6 Å². The molecule has 1 spiro atoms. The lowest BCUT2D eigenvalue weighted by Crippen LogP contribution is -2.55. The monoisotopic (exact) mass is 264 g/mol. The fourth-order valence-corrected chi connectivity index (χ4v) is 3.00. The van der Waals surface area contributed by atoms with Crippen molar-refractivity contribution in [3.8, 4) is 0 Å². The number of halogens is 1. The first-order valence-electron chi connectivity index (χ1n) is 6.55. The second-order valence-electron chi connectivity index (χ2n) is 5.25. The van der Waals surface area contributed by atoms with Crippen molar-refractivity contribution >= 4 is 5.91 Å². The summed E-state index contributed by atoms with van der Waals surface area (Å²) in [6.07, 6.45) is 0.387. The van der Waals surface area contributed by atoms with Crippen molar-refractivity contribution in [2.75, 3.05) is 26.3 Å². The van der Waals surface area contributed by atoms with E-state index in [4.69, 9.17) is 4.74 Å². The van der Waals surface area contributed by atoms with E-state index in [1.165, 1.54) is 12.1 Å². The highest BCUT2D eigenvalue weighted by molar-refractivity contribution is 5.77. The van der Waals surface area contributed by atoms with Crippen LogP contribution in [0, 0.1) is 5.82 Å². The van der Waals surface area contributed by atoms with E-state index in [1.807, 2.05) is 6.07 Å². The molecule has 0 aromatic heterocycles. The summed E-state index contributed by atoms with van der Waals surface area (Å²) in [4.78, 5) is 11.8. The molecular formula is C14H17FN2O2. The Balaban J connectivity index is 1.93. The van der Waals surface area contributed by atoms with Gasteiger partial charge in [-0.2, -0.15) is 0 Å². The van der Waals surface area contributed by atoms with Crippen LogP contribution in [0.15, 0.2) is 24.3 Å². The van der Waals surface area contributed by atoms with Crippen LogP contribution >= 0.6 is 0 Å². The number of amides is 1. The fraction of sp³-hybridized carbons (Fsp3) is 0.500. The summed E-state index contributed by atoms with van der Waals surface area (Å²) >= 11 is 0. The topological polar surface area (TPSA) is 50.4 Å². The Morgan fingerprint density at radius 1 is 1.42 bits per heavy atom. The van der Waals surface area contributed by atoms with E-state index in [0.717, 1.165) is 5.56 Å². The Bertz CT molecular complexity index is 494. The second kappa shape index (κ2) is 4.90. The maximum atomic E-state index is 13.4. The number of rotatable bonds is 1. The molecule has 5 heteroatoms. The van der Waals surface area contributed by atoms with E-state index in [2.05, 4.69) is 10.6 Å². The van der Waals surface area contributed by atoms with Crippen LogP contribution in [0.2, 0.25) is 0 Å². The van der Waals surface area contributed by atoms with Crippen LogP contribution in [-0.2, 0) is 9.53 Å². The minimum Gasteiger partial charge on any atom is -0.378 e. The molecule has 0 unspecified atom stereocenters. The molecule has 0 aliphatic carbocycles. The SMILES string of the molecule is O=C1CCOC[C@]2(CNC[C@H]2c2cccc(F)c2)N1. The van der Waals surface area contributed by atoms with Gasteiger partial charge in [0, 0.05) is 25.4 Å². The Morgan fingerprint density at radius 2 is 2.32 bits per heavy atom. The first kappa shape index (κ1) is 12.6. The quantitative estimate of drug-likeness (QED) is 0.788. The maximum absolute atomic E-state index is 13.4. The molecule has 4 nitrogen and oxygen atoms in total. The van der Waals surface area contributed by atoms with Crippen molar-refractivity contribution in [3.05, 3.63) is 35.6 Å². The molecular weight excluding hydrogens is 247 g/mol. The van der Waals surface area contributed by atoms with Gasteiger partial charge in [0.2, 0.25) is 5.91 Å². The number of carbonyl (C=O) groups excluding carboxylic acids is 1. The molecule has 2 atom stereocenters. The Kier molecular flexibility index (Phi) is 3.24. The maximum Gasteiger partial charge on any atom is 0.222 e. The van der Waals surface area contributed by atoms with Gasteiger partial charge in [0.1, 0.15) is 5.82 Å². The molecule has 0 saturated carbocycles. The summed E-state index contributed by atoms with van der Waals surface area (Å²) < 4.78 is 19.0. The Labute approximate surface area is 111 Å². The van der Waals surface area contributed by atoms with Crippen LogP contribution in [0.5, 0.6) is 0 Å². The lowest BCUT2D eigenvalue weighted by molar-refractivity contribution is -0.122. The van der Waals surface area contributed by atoms with E-state index in [1.54, 1.807) is 6.07 Å². The standard InChI is InChI=1S/C14H17FN2O2/c15-11-3-1-2-10(6-11)12-7-16-8-14(12)9-19-5-4-13(18)17-14/h1-3,6,12,16H,4-5,7-9H2,(H,17,18)/t12-,14-/m0/s1. The van der Waals surface area contributed by atoms with Crippen LogP contribution in [0.3, 0.4) is 0 Å². The summed E-state index contributed by atoms with van der Waals surface area (Å²) in [6.45, 7) is 2.28. The highest BCUT2D eigenvalue weighted by atomic mass is 19.1. The Hall–Kier alpha value is -1.46. The number of carbonyl (C=O) groups is 1. The zero-order valence-corrected chi connectivity index (χ0v) is 10.6. The van der Waals surface area contributed by atoms with Crippen molar-refractivity contribution in [1.82, 2.24) is 10.6 Å². The van der Waals surface area contributed by atoms with E-state index in [0.29, 0.717) is 32.7 Å². The second-order valence-corrected chi connectivity index (χ2v) is 5.25. The van der Waals surface area contributed by atoms with Gasteiger partial charge in [-0.1, -0.05) is 12.1 Å². The van der Waals surface area contributed by atoms with Crippen molar-refractivity contribution < 1.29 is 13.9 Å². The molecule has 3 rings (SSSR count). The third kappa shape index (κ3) is 2.35. The minimum absolute atomic E-state index is 0.00241. The predicted molar refractivity (Wildman–Crippen MR) is 68.3 cm³/mol. The molecule has 2 aliphatic heterocycles. The number of hydrogen-bond donors (Lipinski definition) is 2. The number of ether oxygens (including phenoxy) is 1. The molecule has 0 radical (unpaired) electrons. The largest absolute Gasteiger partial charge is 0.378 e. The van der Waals surface area contributed by atoms with Gasteiger partial charge in [-0.25, -0.2) is 4.39 Å². The molecule has 2 N–H and O–H groups in total. The number of benzene rings is 1. The fourth-order valence-electron chi connectivity index (χ4n) is 3.00. The van der Waals surface area contributed by atoms with E-state index < -0.39 is 5.54 Å². The summed E-state index contributed by atoms with van der Waals surface area (Å²) in [5.41, 5.74) is 0.442. The summed E-state index contributed by atoms with van der Waals surface area (Å²) in [5, 5.41) is 6.36. The number of hydrogen-bond acceptors (Lipinski definition) is 3. The van der Waals surface area contributed by atoms with Crippen molar-refractivity contribution in [1.29, 1.82) is 0 Å². The van der Waals surface area contributed by atoms with Crippen molar-refractivity contribution in [3.63, 3.8) is 0 Å². The minimum atomic E-state index is -0.457. The average Bonchev–Trinajstić information content (AvgIpc) is 2.68. The van der Waals surface area contributed by atoms with E-state index in [-0.39, 0.29) is 17.6 Å². The summed E-state index contributed by atoms with van der Waals surface area (Å²) in [6, 6.07) is 6.58. The van der Waals surface area contributed by atoms with Gasteiger partial charge in [0.15, 0.2) is 0 Å². The highest BCUT2D eigenvalue weighted by Gasteiger charge is 2.46. The van der Waals surface area contributed by atoms with Gasteiger partial charge in [-0.05, 0) is 17.7 Å². The van der Waals surface area contributed by atoms with Gasteiger partial charge in [0.25, 0.3) is 0 Å². The molecule has 2 heterocycles. The van der Waals surface area contributed by atoms with Gasteiger partial charge in [-0.15, -0.1) is 0 Å². The molecule has 2 fully saturated rings. The highest BCUT2D eigenvalue weighted by Crippen LogP contribution is 2.33. The first-order valence-corrected chi connectivity index (χ1v) is 6.55. The zero-order valence-electron chi connectivity index (χ0n) is 10.6. The zero-order chi connectivity index (χ0) is 13.3. The van der Waals surface area contributed by atoms with E-state index >= 15 is 0 Å². The van der Waals surface area contributed by atoms with Crippen LogP contribution in [0.1, 0.15) is 17.9 Å². The van der Waals surface area contributed by atoms with Gasteiger partial charge >= 0.3 is 0 Å². The van der Waals surface area contributed by atoms with Gasteiger partial charge in [-0.3, -0.25) is 4.79 Å². The third-order valence-corrected chi connectivity index (χ3v) is 3.93. The van der Waals surface area contributed by atoms with Crippen LogP contribution in [0.4, 0.5) is 4.39 Å².